The van der Waals surface area contributed by atoms with E-state index < -0.39 is 94.6 Å². The van der Waals surface area contributed by atoms with Crippen molar-refractivity contribution in [2.45, 2.75) is 121 Å². The van der Waals surface area contributed by atoms with Crippen LogP contribution in [0, 0.1) is 60.8 Å². The Hall–Kier alpha value is -0.688. The number of nitrogens with one attached hydrogen (secondary N) is 1. The zero-order valence-corrected chi connectivity index (χ0v) is 29.8. The van der Waals surface area contributed by atoms with Crippen LogP contribution in [0.25, 0.3) is 0 Å². The first-order valence-electron chi connectivity index (χ1n) is 13.9. The smallest absolute Gasteiger partial charge is 0.337 e. The second kappa shape index (κ2) is 11.9. The van der Waals surface area contributed by atoms with Crippen LogP contribution in [0.5, 0.6) is 0 Å². The van der Waals surface area contributed by atoms with Crippen LogP contribution < -0.4 is 5.32 Å². The number of aliphatic hydroxyl groups excluding tert-OH is 4. The van der Waals surface area contributed by atoms with Gasteiger partial charge in [-0.05, 0) is 25.0 Å². The topological polar surface area (TPSA) is 212 Å². The number of esters is 2. The quantitative estimate of drug-likeness (QED) is 0.124. The molecule has 0 aromatic carbocycles. The van der Waals surface area contributed by atoms with Gasteiger partial charge in [-0.1, -0.05) is 20.8 Å². The van der Waals surface area contributed by atoms with Gasteiger partial charge in [0.15, 0.2) is 6.10 Å². The Kier molecular flexibility index (Phi) is 10.2. The van der Waals surface area contributed by atoms with Crippen LogP contribution in [0.1, 0.15) is 61.3 Å². The van der Waals surface area contributed by atoms with E-state index in [2.05, 4.69) is 5.32 Å². The zero-order valence-electron chi connectivity index (χ0n) is 25.0. The Morgan fingerprint density at radius 2 is 1.67 bits per heavy atom. The van der Waals surface area contributed by atoms with E-state index in [0.29, 0.717) is 0 Å². The monoisotopic (exact) mass is 812 g/mol. The first kappa shape index (κ1) is 35.8. The third-order valence-electron chi connectivity index (χ3n) is 10.3. The average molecular weight is 813 g/mol. The summed E-state index contributed by atoms with van der Waals surface area (Å²) < 4.78 is 17.0. The summed E-state index contributed by atoms with van der Waals surface area (Å²) in [4.78, 5) is 36.9. The summed E-state index contributed by atoms with van der Waals surface area (Å²) in [6.45, 7) is 9.73. The molecule has 7 N–H and O–H groups in total. The van der Waals surface area contributed by atoms with Gasteiger partial charge in [-0.2, -0.15) is 0 Å². The van der Waals surface area contributed by atoms with Crippen molar-refractivity contribution in [2.75, 3.05) is 6.61 Å². The fraction of sp³-hybridized carbons (Fsp3) is 0.821. The number of carbonyl (C=O) groups is 3. The number of rotatable bonds is 5. The molecule has 12 atom stereocenters. The first-order chi connectivity index (χ1) is 18.7. The molecule has 1 saturated heterocycles. The molecule has 1 aliphatic heterocycles. The zero-order chi connectivity index (χ0) is 31.0. The van der Waals surface area contributed by atoms with Gasteiger partial charge in [0.25, 0.3) is 0 Å². The number of fused-ring (bicyclic) bond motifs is 5. The minimum atomic E-state index is -2.13. The van der Waals surface area contributed by atoms with Gasteiger partial charge in [0.2, 0.25) is 5.91 Å². The van der Waals surface area contributed by atoms with E-state index in [9.17, 15) is 45.0 Å². The molecular formula is C28H43AcNO12. The Balaban J connectivity index is 0.00000484. The number of aliphatic hydroxyl groups is 6. The third-order valence-corrected chi connectivity index (χ3v) is 10.3. The van der Waals surface area contributed by atoms with Gasteiger partial charge in [-0.15, -0.1) is 0 Å². The summed E-state index contributed by atoms with van der Waals surface area (Å²) in [7, 11) is 0. The van der Waals surface area contributed by atoms with Crippen molar-refractivity contribution < 1.29 is 103 Å². The number of hydrogen-bond donors (Lipinski definition) is 7. The van der Waals surface area contributed by atoms with Crippen molar-refractivity contribution in [3.63, 3.8) is 0 Å². The molecule has 2 saturated carbocycles. The minimum Gasteiger partial charge on any atom is -0.459 e. The van der Waals surface area contributed by atoms with Gasteiger partial charge >= 0.3 is 11.9 Å². The number of hydrogen-bond acceptors (Lipinski definition) is 12. The van der Waals surface area contributed by atoms with Crippen molar-refractivity contribution >= 4 is 17.8 Å². The molecule has 1 radical (unpaired) electrons. The molecule has 13 nitrogen and oxygen atoms in total. The molecule has 0 unspecified atom stereocenters. The van der Waals surface area contributed by atoms with Crippen molar-refractivity contribution in [1.29, 1.82) is 0 Å². The van der Waals surface area contributed by atoms with E-state index in [1.807, 2.05) is 0 Å². The summed E-state index contributed by atoms with van der Waals surface area (Å²) >= 11 is 0. The fourth-order valence-corrected chi connectivity index (χ4v) is 7.83. The minimum absolute atomic E-state index is 0. The SMILES string of the molecule is CC(=O)N[C@@H](C)[C@@H](O)C(=O)O[C@H]1C[C@@]2(O)[C@@H](OC(C)=O)[C@@H]3[C@]4(O)CO[C@@H]4C[C@H](O)[C@@]3(C)[C@H](O)[C@H](O)C(=C1C)C2(C)C.[Ac]. The molecule has 1 amide bonds. The van der Waals surface area contributed by atoms with Crippen LogP contribution in [-0.2, 0) is 28.6 Å². The van der Waals surface area contributed by atoms with Gasteiger partial charge < -0.3 is 50.2 Å². The predicted octanol–water partition coefficient (Wildman–Crippen LogP) is -1.55. The van der Waals surface area contributed by atoms with Gasteiger partial charge in [-0.3, -0.25) is 9.59 Å². The predicted molar refractivity (Wildman–Crippen MR) is 140 cm³/mol. The van der Waals surface area contributed by atoms with Gasteiger partial charge in [-0.25, -0.2) is 4.79 Å². The Labute approximate surface area is 280 Å². The molecule has 4 aliphatic rings. The molecule has 14 heteroatoms. The molecule has 3 fully saturated rings. The van der Waals surface area contributed by atoms with Crippen LogP contribution in [0.2, 0.25) is 0 Å². The summed E-state index contributed by atoms with van der Waals surface area (Å²) in [5, 5.41) is 72.2. The van der Waals surface area contributed by atoms with Crippen LogP contribution >= 0.6 is 0 Å². The summed E-state index contributed by atoms with van der Waals surface area (Å²) in [5.41, 5.74) is -6.60. The summed E-state index contributed by atoms with van der Waals surface area (Å²) in [6, 6.07) is -1.00. The molecule has 4 rings (SSSR count). The van der Waals surface area contributed by atoms with Crippen LogP contribution in [0.4, 0.5) is 0 Å². The molecular weight excluding hydrogens is 769 g/mol. The molecule has 0 spiro atoms. The normalized spacial score (nSPS) is 43.5. The molecule has 42 heavy (non-hydrogen) atoms. The molecule has 2 bridgehead atoms. The van der Waals surface area contributed by atoms with E-state index in [-0.39, 0.29) is 74.7 Å². The van der Waals surface area contributed by atoms with Crippen LogP contribution in [0.3, 0.4) is 0 Å². The van der Waals surface area contributed by atoms with Gasteiger partial charge in [0, 0.05) is 87.5 Å². The Morgan fingerprint density at radius 3 is 2.17 bits per heavy atom. The van der Waals surface area contributed by atoms with E-state index in [1.54, 1.807) is 20.8 Å². The van der Waals surface area contributed by atoms with Crippen LogP contribution in [-0.4, -0.2) is 115 Å². The molecule has 0 aromatic heterocycles. The fourth-order valence-electron chi connectivity index (χ4n) is 7.83. The second-order valence-electron chi connectivity index (χ2n) is 13.0. The van der Waals surface area contributed by atoms with Crippen molar-refractivity contribution in [2.24, 2.45) is 16.7 Å². The van der Waals surface area contributed by atoms with E-state index >= 15 is 0 Å². The summed E-state index contributed by atoms with van der Waals surface area (Å²) in [6.07, 6.45) is -10.7. The van der Waals surface area contributed by atoms with E-state index in [0.717, 1.165) is 6.92 Å². The Morgan fingerprint density at radius 1 is 1.07 bits per heavy atom. The largest absolute Gasteiger partial charge is 0.459 e. The second-order valence-corrected chi connectivity index (χ2v) is 13.0. The van der Waals surface area contributed by atoms with Crippen LogP contribution in [0.15, 0.2) is 11.1 Å². The standard InChI is InChI=1S/C28H43NO12.Ac/c1-11-15(41-24(36)19(33)12(2)29-13(3)30)9-28(38)23(40-14(4)31)21-26(7,16(32)8-17-27(21,37)10-39-17)22(35)20(34)18(11)25(28,5)6;/h12,15-17,19-23,32-35,37-38H,8-10H2,1-7H3,(H,29,30);/t12-,15-,16-,17+,19+,20+,21-,22+,23-,26+,27-,28+;/m0./s1. The maximum Gasteiger partial charge on any atom is 0.337 e. The maximum absolute atomic E-state index is 13.0. The number of carbonyl (C=O) groups excluding carboxylic acids is 3. The average Bonchev–Trinajstić information content (AvgIpc) is 2.85. The Bertz CT molecular complexity index is 1150. The van der Waals surface area contributed by atoms with Gasteiger partial charge in [0.1, 0.15) is 29.5 Å². The molecule has 1 heterocycles. The van der Waals surface area contributed by atoms with Crippen molar-refractivity contribution in [3.8, 4) is 0 Å². The third kappa shape index (κ3) is 5.20. The maximum atomic E-state index is 13.0. The van der Waals surface area contributed by atoms with Crippen molar-refractivity contribution in [3.05, 3.63) is 11.1 Å². The molecule has 3 aliphatic carbocycles. The van der Waals surface area contributed by atoms with E-state index in [1.165, 1.54) is 20.8 Å². The molecule has 235 valence electrons. The number of amides is 1. The van der Waals surface area contributed by atoms with Gasteiger partial charge in [0.05, 0.1) is 31.0 Å². The molecule has 0 aromatic rings. The first-order valence-corrected chi connectivity index (χ1v) is 13.9. The number of ether oxygens (including phenoxy) is 3. The summed E-state index contributed by atoms with van der Waals surface area (Å²) in [5.74, 6) is -3.72. The van der Waals surface area contributed by atoms with E-state index in [4.69, 9.17) is 14.2 Å². The van der Waals surface area contributed by atoms with Crippen molar-refractivity contribution in [1.82, 2.24) is 5.32 Å².